The topological polar surface area (TPSA) is 69.8 Å². The van der Waals surface area contributed by atoms with Gasteiger partial charge in [0.05, 0.1) is 12.0 Å². The smallest absolute Gasteiger partial charge is 0.230 e. The van der Waals surface area contributed by atoms with E-state index in [9.17, 15) is 4.79 Å². The molecule has 0 atom stereocenters. The average Bonchev–Trinajstić information content (AvgIpc) is 2.54. The molecule has 0 bridgehead atoms. The first-order chi connectivity index (χ1) is 8.72. The van der Waals surface area contributed by atoms with E-state index in [0.717, 1.165) is 51.9 Å². The Bertz CT molecular complexity index is 286. The van der Waals surface area contributed by atoms with Gasteiger partial charge in [-0.3, -0.25) is 9.69 Å². The standard InChI is InChI=1S/C13H25N3O2/c14-11-13(3-1-4-13)12(18)16-6-2-5-15(7-8-16)9-10-17/h17H,1-11,14H2. The van der Waals surface area contributed by atoms with Crippen LogP contribution in [0.1, 0.15) is 25.7 Å². The number of β-amino-alcohol motifs (C(OH)–C–C–N with tert-alkyl or cyclic N) is 1. The molecule has 2 fully saturated rings. The number of carbonyl (C=O) groups excluding carboxylic acids is 1. The summed E-state index contributed by atoms with van der Waals surface area (Å²) in [5.74, 6) is 0.266. The molecule has 3 N–H and O–H groups in total. The number of aliphatic hydroxyl groups is 1. The fourth-order valence-electron chi connectivity index (χ4n) is 2.98. The van der Waals surface area contributed by atoms with Crippen LogP contribution < -0.4 is 5.73 Å². The molecular weight excluding hydrogens is 230 g/mol. The largest absolute Gasteiger partial charge is 0.395 e. The molecule has 1 saturated heterocycles. The summed E-state index contributed by atoms with van der Waals surface area (Å²) in [5.41, 5.74) is 5.56. The molecule has 0 aromatic carbocycles. The van der Waals surface area contributed by atoms with Gasteiger partial charge in [-0.15, -0.1) is 0 Å². The monoisotopic (exact) mass is 255 g/mol. The molecule has 1 aliphatic carbocycles. The van der Waals surface area contributed by atoms with Gasteiger partial charge in [0.25, 0.3) is 0 Å². The average molecular weight is 255 g/mol. The Hall–Kier alpha value is -0.650. The van der Waals surface area contributed by atoms with E-state index in [-0.39, 0.29) is 17.9 Å². The third-order valence-electron chi connectivity index (χ3n) is 4.45. The lowest BCUT2D eigenvalue weighted by Crippen LogP contribution is -2.52. The molecule has 5 nitrogen and oxygen atoms in total. The molecule has 18 heavy (non-hydrogen) atoms. The first-order valence-corrected chi connectivity index (χ1v) is 7.04. The van der Waals surface area contributed by atoms with Crippen molar-refractivity contribution in [3.05, 3.63) is 0 Å². The van der Waals surface area contributed by atoms with Crippen LogP contribution in [0.4, 0.5) is 0 Å². The molecule has 0 aromatic heterocycles. The van der Waals surface area contributed by atoms with Crippen LogP contribution in [0, 0.1) is 5.41 Å². The van der Waals surface area contributed by atoms with Crippen molar-refractivity contribution in [1.29, 1.82) is 0 Å². The quantitative estimate of drug-likeness (QED) is 0.720. The number of hydrogen-bond donors (Lipinski definition) is 2. The van der Waals surface area contributed by atoms with Crippen molar-refractivity contribution >= 4 is 5.91 Å². The lowest BCUT2D eigenvalue weighted by molar-refractivity contribution is -0.146. The van der Waals surface area contributed by atoms with E-state index in [4.69, 9.17) is 10.8 Å². The highest BCUT2D eigenvalue weighted by atomic mass is 16.3. The van der Waals surface area contributed by atoms with E-state index in [1.54, 1.807) is 0 Å². The van der Waals surface area contributed by atoms with Gasteiger partial charge in [0.1, 0.15) is 0 Å². The predicted octanol–water partition coefficient (Wildman–Crippen LogP) is -0.358. The van der Waals surface area contributed by atoms with Gasteiger partial charge in [-0.2, -0.15) is 0 Å². The van der Waals surface area contributed by atoms with Crippen molar-refractivity contribution in [2.24, 2.45) is 11.1 Å². The maximum absolute atomic E-state index is 12.5. The number of amides is 1. The van der Waals surface area contributed by atoms with Crippen molar-refractivity contribution in [2.75, 3.05) is 45.9 Å². The molecule has 1 aliphatic heterocycles. The summed E-state index contributed by atoms with van der Waals surface area (Å²) in [6.07, 6.45) is 4.04. The lowest BCUT2D eigenvalue weighted by Gasteiger charge is -2.42. The zero-order valence-electron chi connectivity index (χ0n) is 11.1. The van der Waals surface area contributed by atoms with Crippen molar-refractivity contribution < 1.29 is 9.90 Å². The van der Waals surface area contributed by atoms with Gasteiger partial charge in [0.2, 0.25) is 5.91 Å². The van der Waals surface area contributed by atoms with Crippen LogP contribution in [0.3, 0.4) is 0 Å². The Kier molecular flexibility index (Phi) is 4.59. The van der Waals surface area contributed by atoms with Crippen LogP contribution in [0.5, 0.6) is 0 Å². The minimum Gasteiger partial charge on any atom is -0.395 e. The minimum atomic E-state index is -0.244. The summed E-state index contributed by atoms with van der Waals surface area (Å²) < 4.78 is 0. The predicted molar refractivity (Wildman–Crippen MR) is 70.1 cm³/mol. The molecule has 1 heterocycles. The second-order valence-electron chi connectivity index (χ2n) is 5.55. The van der Waals surface area contributed by atoms with Gasteiger partial charge in [-0.25, -0.2) is 0 Å². The minimum absolute atomic E-state index is 0.195. The van der Waals surface area contributed by atoms with Crippen LogP contribution in [-0.4, -0.2) is 66.7 Å². The number of rotatable bonds is 4. The summed E-state index contributed by atoms with van der Waals surface area (Å²) in [6.45, 7) is 4.85. The third kappa shape index (κ3) is 2.68. The number of carbonyl (C=O) groups is 1. The molecule has 0 spiro atoms. The zero-order valence-corrected chi connectivity index (χ0v) is 11.1. The molecule has 5 heteroatoms. The van der Waals surface area contributed by atoms with Gasteiger partial charge >= 0.3 is 0 Å². The highest BCUT2D eigenvalue weighted by Gasteiger charge is 2.45. The van der Waals surface area contributed by atoms with Crippen LogP contribution in [-0.2, 0) is 4.79 Å². The summed E-state index contributed by atoms with van der Waals surface area (Å²) >= 11 is 0. The van der Waals surface area contributed by atoms with Gasteiger partial charge < -0.3 is 15.7 Å². The summed E-state index contributed by atoms with van der Waals surface area (Å²) in [7, 11) is 0. The van der Waals surface area contributed by atoms with Gasteiger partial charge in [0, 0.05) is 32.7 Å². The van der Waals surface area contributed by atoms with Gasteiger partial charge in [0.15, 0.2) is 0 Å². The highest BCUT2D eigenvalue weighted by molar-refractivity contribution is 5.84. The molecular formula is C13H25N3O2. The molecule has 1 saturated carbocycles. The highest BCUT2D eigenvalue weighted by Crippen LogP contribution is 2.41. The van der Waals surface area contributed by atoms with E-state index in [1.165, 1.54) is 0 Å². The molecule has 0 aromatic rings. The van der Waals surface area contributed by atoms with E-state index in [1.807, 2.05) is 4.90 Å². The van der Waals surface area contributed by atoms with Crippen molar-refractivity contribution in [3.63, 3.8) is 0 Å². The van der Waals surface area contributed by atoms with E-state index < -0.39 is 0 Å². The van der Waals surface area contributed by atoms with Crippen molar-refractivity contribution in [1.82, 2.24) is 9.80 Å². The molecule has 0 unspecified atom stereocenters. The summed E-state index contributed by atoms with van der Waals surface area (Å²) in [4.78, 5) is 16.7. The van der Waals surface area contributed by atoms with Crippen molar-refractivity contribution in [2.45, 2.75) is 25.7 Å². The SMILES string of the molecule is NCC1(C(=O)N2CCCN(CCO)CC2)CCC1. The Labute approximate surface area is 109 Å². The van der Waals surface area contributed by atoms with E-state index >= 15 is 0 Å². The first-order valence-electron chi connectivity index (χ1n) is 7.04. The van der Waals surface area contributed by atoms with Gasteiger partial charge in [-0.1, -0.05) is 6.42 Å². The number of aliphatic hydroxyl groups excluding tert-OH is 1. The Morgan fingerprint density at radius 1 is 1.17 bits per heavy atom. The number of hydrogen-bond acceptors (Lipinski definition) is 4. The number of nitrogens with two attached hydrogens (primary N) is 1. The number of nitrogens with zero attached hydrogens (tertiary/aromatic N) is 2. The molecule has 0 radical (unpaired) electrons. The fraction of sp³-hybridized carbons (Fsp3) is 0.923. The van der Waals surface area contributed by atoms with Crippen LogP contribution in [0.15, 0.2) is 0 Å². The molecule has 2 rings (SSSR count). The van der Waals surface area contributed by atoms with E-state index in [0.29, 0.717) is 13.1 Å². The lowest BCUT2D eigenvalue weighted by atomic mass is 9.68. The second kappa shape index (κ2) is 5.99. The second-order valence-corrected chi connectivity index (χ2v) is 5.55. The molecule has 1 amide bonds. The molecule has 2 aliphatic rings. The Morgan fingerprint density at radius 2 is 1.94 bits per heavy atom. The van der Waals surface area contributed by atoms with E-state index in [2.05, 4.69) is 4.90 Å². The fourth-order valence-corrected chi connectivity index (χ4v) is 2.98. The Morgan fingerprint density at radius 3 is 2.50 bits per heavy atom. The maximum atomic E-state index is 12.5. The molecule has 104 valence electrons. The van der Waals surface area contributed by atoms with Crippen molar-refractivity contribution in [3.8, 4) is 0 Å². The summed E-state index contributed by atoms with van der Waals surface area (Å²) in [5, 5.41) is 8.96. The third-order valence-corrected chi connectivity index (χ3v) is 4.45. The van der Waals surface area contributed by atoms with Gasteiger partial charge in [-0.05, 0) is 25.8 Å². The first kappa shape index (κ1) is 13.8. The van der Waals surface area contributed by atoms with Crippen LogP contribution in [0.25, 0.3) is 0 Å². The summed E-state index contributed by atoms with van der Waals surface area (Å²) in [6, 6.07) is 0. The maximum Gasteiger partial charge on any atom is 0.230 e. The van der Waals surface area contributed by atoms with Crippen LogP contribution in [0.2, 0.25) is 0 Å². The van der Waals surface area contributed by atoms with Crippen LogP contribution >= 0.6 is 0 Å². The Balaban J connectivity index is 1.91. The zero-order chi connectivity index (χ0) is 13.0. The normalized spacial score (nSPS) is 24.4.